The van der Waals surface area contributed by atoms with Gasteiger partial charge in [-0.05, 0) is 43.2 Å². The van der Waals surface area contributed by atoms with Crippen molar-refractivity contribution >= 4 is 44.8 Å². The van der Waals surface area contributed by atoms with Crippen LogP contribution in [0.25, 0.3) is 21.7 Å². The number of hydrogen-bond donors (Lipinski definition) is 2. The summed E-state index contributed by atoms with van der Waals surface area (Å²) < 4.78 is 5.40. The van der Waals surface area contributed by atoms with Gasteiger partial charge in [0.1, 0.15) is 10.3 Å². The van der Waals surface area contributed by atoms with Gasteiger partial charge in [-0.1, -0.05) is 18.2 Å². The zero-order valence-electron chi connectivity index (χ0n) is 18.1. The van der Waals surface area contributed by atoms with Gasteiger partial charge in [0.25, 0.3) is 0 Å². The molecule has 2 aromatic heterocycles. The summed E-state index contributed by atoms with van der Waals surface area (Å²) in [5, 5.41) is 12.7. The molecule has 0 spiro atoms. The van der Waals surface area contributed by atoms with Gasteiger partial charge in [0.15, 0.2) is 11.6 Å². The molecule has 1 aliphatic rings. The van der Waals surface area contributed by atoms with E-state index in [0.717, 1.165) is 35.6 Å². The first-order valence-corrected chi connectivity index (χ1v) is 11.6. The Balaban J connectivity index is 1.49. The molecule has 0 bridgehead atoms. The van der Waals surface area contributed by atoms with E-state index in [1.807, 2.05) is 18.2 Å². The van der Waals surface area contributed by atoms with E-state index in [2.05, 4.69) is 32.3 Å². The highest BCUT2D eigenvalue weighted by Gasteiger charge is 2.24. The molecule has 1 aliphatic heterocycles. The van der Waals surface area contributed by atoms with Crippen LogP contribution in [-0.2, 0) is 4.74 Å². The van der Waals surface area contributed by atoms with Crippen LogP contribution in [0.4, 0.5) is 17.2 Å². The monoisotopic (exact) mass is 461 g/mol. The first-order valence-electron chi connectivity index (χ1n) is 10.7. The lowest BCUT2D eigenvalue weighted by atomic mass is 10.1. The summed E-state index contributed by atoms with van der Waals surface area (Å²) in [6.07, 6.45) is 2.27. The number of hydrogen-bond acceptors (Lipinski definition) is 8. The van der Waals surface area contributed by atoms with Crippen LogP contribution in [0.2, 0.25) is 0 Å². The highest BCUT2D eigenvalue weighted by molar-refractivity contribution is 7.16. The predicted molar refractivity (Wildman–Crippen MR) is 130 cm³/mol. The number of benzene rings is 2. The number of fused-ring (bicyclic) bond motifs is 1. The Morgan fingerprint density at radius 3 is 2.97 bits per heavy atom. The fraction of sp³-hybridized carbons (Fsp3) is 0.250. The molecule has 1 unspecified atom stereocenters. The first kappa shape index (κ1) is 21.3. The number of nitrogens with zero attached hydrogens (tertiary/aromatic N) is 4. The topological polar surface area (TPSA) is 100 Å². The quantitative estimate of drug-likeness (QED) is 0.404. The van der Waals surface area contributed by atoms with Crippen LogP contribution in [0.3, 0.4) is 0 Å². The summed E-state index contributed by atoms with van der Waals surface area (Å²) in [5.74, 6) is 0.0526. The van der Waals surface area contributed by atoms with E-state index < -0.39 is 5.97 Å². The number of carbonyl (C=O) groups is 1. The van der Waals surface area contributed by atoms with E-state index >= 15 is 0 Å². The minimum Gasteiger partial charge on any atom is -0.478 e. The van der Waals surface area contributed by atoms with Gasteiger partial charge in [-0.15, -0.1) is 11.3 Å². The number of carboxylic acid groups (broad SMARTS) is 1. The molecule has 2 N–H and O–H groups in total. The Kier molecular flexibility index (Phi) is 5.89. The van der Waals surface area contributed by atoms with Gasteiger partial charge in [0.05, 0.1) is 23.7 Å². The van der Waals surface area contributed by atoms with Gasteiger partial charge in [-0.25, -0.2) is 19.7 Å². The van der Waals surface area contributed by atoms with Crippen molar-refractivity contribution in [3.8, 4) is 11.4 Å². The zero-order valence-corrected chi connectivity index (χ0v) is 18.9. The fourth-order valence-electron chi connectivity index (χ4n) is 4.21. The van der Waals surface area contributed by atoms with Crippen molar-refractivity contribution in [2.24, 2.45) is 0 Å². The first-order chi connectivity index (χ1) is 16.1. The smallest absolute Gasteiger partial charge is 0.335 e. The summed E-state index contributed by atoms with van der Waals surface area (Å²) in [6, 6.07) is 15.3. The molecule has 3 heterocycles. The molecule has 0 amide bonds. The number of aromatic carboxylic acids is 1. The number of anilines is 3. The number of ether oxygens (including phenoxy) is 1. The van der Waals surface area contributed by atoms with Gasteiger partial charge in [-0.3, -0.25) is 0 Å². The maximum atomic E-state index is 11.4. The molecule has 1 atom stereocenters. The number of carboxylic acids is 1. The number of thiazole rings is 1. The van der Waals surface area contributed by atoms with Crippen molar-refractivity contribution in [2.75, 3.05) is 30.5 Å². The minimum absolute atomic E-state index is 0.193. The Labute approximate surface area is 194 Å². The van der Waals surface area contributed by atoms with Gasteiger partial charge in [0.2, 0.25) is 0 Å². The second kappa shape index (κ2) is 9.13. The minimum atomic E-state index is -0.987. The molecule has 5 rings (SSSR count). The Bertz CT molecular complexity index is 1310. The lowest BCUT2D eigenvalue weighted by Crippen LogP contribution is -2.32. The Morgan fingerprint density at radius 1 is 1.24 bits per heavy atom. The summed E-state index contributed by atoms with van der Waals surface area (Å²) in [6.45, 7) is 1.72. The normalized spacial score (nSPS) is 15.8. The number of nitrogens with one attached hydrogen (secondary N) is 1. The Morgan fingerprint density at radius 2 is 2.12 bits per heavy atom. The average molecular weight is 462 g/mol. The molecule has 1 fully saturated rings. The lowest BCUT2D eigenvalue weighted by Gasteiger charge is -2.26. The van der Waals surface area contributed by atoms with Gasteiger partial charge in [0, 0.05) is 30.6 Å². The van der Waals surface area contributed by atoms with Gasteiger partial charge < -0.3 is 20.1 Å². The highest BCUT2D eigenvalue weighted by atomic mass is 32.1. The van der Waals surface area contributed by atoms with E-state index in [1.165, 1.54) is 11.3 Å². The van der Waals surface area contributed by atoms with E-state index in [4.69, 9.17) is 9.72 Å². The van der Waals surface area contributed by atoms with Crippen molar-refractivity contribution < 1.29 is 14.6 Å². The van der Waals surface area contributed by atoms with Crippen LogP contribution in [-0.4, -0.2) is 52.3 Å². The molecule has 9 heteroatoms. The molecule has 0 aliphatic carbocycles. The van der Waals surface area contributed by atoms with Crippen molar-refractivity contribution in [3.05, 3.63) is 59.6 Å². The van der Waals surface area contributed by atoms with Gasteiger partial charge >= 0.3 is 5.97 Å². The third-order valence-corrected chi connectivity index (χ3v) is 6.46. The molecule has 168 valence electrons. The second-order valence-electron chi connectivity index (χ2n) is 7.91. The van der Waals surface area contributed by atoms with E-state index in [-0.39, 0.29) is 5.56 Å². The lowest BCUT2D eigenvalue weighted by molar-refractivity contribution is 0.0697. The van der Waals surface area contributed by atoms with Gasteiger partial charge in [-0.2, -0.15) is 0 Å². The maximum Gasteiger partial charge on any atom is 0.335 e. The molecular weight excluding hydrogens is 438 g/mol. The van der Waals surface area contributed by atoms with E-state index in [1.54, 1.807) is 30.8 Å². The SMILES string of the molecule is COCC1CCCN1c1cccc(Nc2nc(-c3cccc(C(=O)O)c3)nc3scnc23)c1. The van der Waals surface area contributed by atoms with Crippen LogP contribution < -0.4 is 10.2 Å². The second-order valence-corrected chi connectivity index (χ2v) is 8.74. The van der Waals surface area contributed by atoms with E-state index in [0.29, 0.717) is 35.4 Å². The summed E-state index contributed by atoms with van der Waals surface area (Å²) in [5.41, 5.74) is 5.28. The summed E-state index contributed by atoms with van der Waals surface area (Å²) in [7, 11) is 1.74. The van der Waals surface area contributed by atoms with Crippen LogP contribution in [0.15, 0.2) is 54.0 Å². The van der Waals surface area contributed by atoms with Crippen LogP contribution in [0.5, 0.6) is 0 Å². The molecule has 33 heavy (non-hydrogen) atoms. The number of rotatable bonds is 7. The van der Waals surface area contributed by atoms with Crippen LogP contribution in [0, 0.1) is 0 Å². The van der Waals surface area contributed by atoms with Crippen molar-refractivity contribution in [1.82, 2.24) is 15.0 Å². The average Bonchev–Trinajstić information content (AvgIpc) is 3.49. The zero-order chi connectivity index (χ0) is 22.8. The third kappa shape index (κ3) is 4.37. The summed E-state index contributed by atoms with van der Waals surface area (Å²) >= 11 is 1.42. The molecule has 0 saturated carbocycles. The molecule has 4 aromatic rings. The van der Waals surface area contributed by atoms with Crippen LogP contribution >= 0.6 is 11.3 Å². The van der Waals surface area contributed by atoms with Crippen LogP contribution in [0.1, 0.15) is 23.2 Å². The highest BCUT2D eigenvalue weighted by Crippen LogP contribution is 2.32. The third-order valence-electron chi connectivity index (χ3n) is 5.74. The molecule has 8 nitrogen and oxygen atoms in total. The Hall–Kier alpha value is -3.56. The molecule has 2 aromatic carbocycles. The van der Waals surface area contributed by atoms with E-state index in [9.17, 15) is 9.90 Å². The van der Waals surface area contributed by atoms with Crippen molar-refractivity contribution in [3.63, 3.8) is 0 Å². The standard InChI is InChI=1S/C24H23N5O3S/c1-32-13-19-9-4-10-29(19)18-8-3-7-17(12-18)26-22-20-23(33-14-25-20)28-21(27-22)15-5-2-6-16(11-15)24(30)31/h2-3,5-8,11-12,14,19H,4,9-10,13H2,1H3,(H,30,31)(H,26,27,28). The van der Waals surface area contributed by atoms with Crippen molar-refractivity contribution in [1.29, 1.82) is 0 Å². The molecular formula is C24H23N5O3S. The molecule has 0 radical (unpaired) electrons. The number of aromatic nitrogens is 3. The summed E-state index contributed by atoms with van der Waals surface area (Å²) in [4.78, 5) is 28.3. The maximum absolute atomic E-state index is 11.4. The molecule has 1 saturated heterocycles. The number of methoxy groups -OCH3 is 1. The van der Waals surface area contributed by atoms with Crippen molar-refractivity contribution in [2.45, 2.75) is 18.9 Å². The fourth-order valence-corrected chi connectivity index (χ4v) is 4.87. The largest absolute Gasteiger partial charge is 0.478 e. The predicted octanol–water partition coefficient (Wildman–Crippen LogP) is 4.81.